The molecule has 0 heterocycles. The molecule has 0 bridgehead atoms. The minimum atomic E-state index is -4.33. The van der Waals surface area contributed by atoms with Gasteiger partial charge in [0.2, 0.25) is 5.91 Å². The van der Waals surface area contributed by atoms with Crippen molar-refractivity contribution in [1.29, 1.82) is 0 Å². The molecule has 0 radical (unpaired) electrons. The fraction of sp³-hybridized carbons (Fsp3) is 0.923. The van der Waals surface area contributed by atoms with Crippen LogP contribution in [0, 0.1) is 17.8 Å². The number of rotatable bonds is 5. The molecule has 1 aliphatic rings. The zero-order chi connectivity index (χ0) is 15.3. The molecule has 1 fully saturated rings. The lowest BCUT2D eigenvalue weighted by Crippen LogP contribution is -2.45. The predicted molar refractivity (Wildman–Crippen MR) is 68.9 cm³/mol. The van der Waals surface area contributed by atoms with Crippen molar-refractivity contribution in [3.8, 4) is 0 Å². The average molecular weight is 296 g/mol. The van der Waals surface area contributed by atoms with Crippen LogP contribution in [0.15, 0.2) is 0 Å². The summed E-state index contributed by atoms with van der Waals surface area (Å²) in [5.74, 6) is 0.323. The molecule has 0 spiro atoms. The number of carbonyl (C=O) groups excluding carboxylic acids is 1. The van der Waals surface area contributed by atoms with Crippen LogP contribution in [-0.4, -0.2) is 37.9 Å². The highest BCUT2D eigenvalue weighted by atomic mass is 19.4. The lowest BCUT2D eigenvalue weighted by atomic mass is 9.72. The van der Waals surface area contributed by atoms with Gasteiger partial charge in [-0.2, -0.15) is 13.2 Å². The molecule has 0 aromatic carbocycles. The van der Waals surface area contributed by atoms with Crippen molar-refractivity contribution < 1.29 is 22.7 Å². The normalized spacial score (nSPS) is 31.1. The van der Waals surface area contributed by atoms with Crippen molar-refractivity contribution in [3.05, 3.63) is 0 Å². The highest BCUT2D eigenvalue weighted by Crippen LogP contribution is 2.32. The number of carbonyl (C=O) groups is 1. The van der Waals surface area contributed by atoms with E-state index in [4.69, 9.17) is 5.73 Å². The van der Waals surface area contributed by atoms with E-state index >= 15 is 0 Å². The molecule has 1 saturated carbocycles. The molecule has 4 atom stereocenters. The Morgan fingerprint density at radius 3 is 2.55 bits per heavy atom. The van der Waals surface area contributed by atoms with E-state index in [1.54, 1.807) is 0 Å². The third-order valence-electron chi connectivity index (χ3n) is 3.84. The molecule has 0 aromatic heterocycles. The second kappa shape index (κ2) is 7.26. The van der Waals surface area contributed by atoms with Crippen LogP contribution >= 0.6 is 0 Å². The maximum absolute atomic E-state index is 12.0. The van der Waals surface area contributed by atoms with Crippen molar-refractivity contribution in [1.82, 2.24) is 5.32 Å². The first-order valence-electron chi connectivity index (χ1n) is 6.88. The van der Waals surface area contributed by atoms with Gasteiger partial charge in [0.05, 0.1) is 6.61 Å². The number of ether oxygens (including phenoxy) is 1. The molecule has 1 amide bonds. The largest absolute Gasteiger partial charge is 0.411 e. The Morgan fingerprint density at radius 2 is 1.95 bits per heavy atom. The second-order valence-corrected chi connectivity index (χ2v) is 5.66. The summed E-state index contributed by atoms with van der Waals surface area (Å²) >= 11 is 0. The molecule has 1 aliphatic carbocycles. The Bertz CT molecular complexity index is 323. The Morgan fingerprint density at radius 1 is 1.30 bits per heavy atom. The van der Waals surface area contributed by atoms with Crippen molar-refractivity contribution in [2.24, 2.45) is 23.5 Å². The highest BCUT2D eigenvalue weighted by molar-refractivity contribution is 5.79. The van der Waals surface area contributed by atoms with Gasteiger partial charge in [-0.3, -0.25) is 4.79 Å². The monoisotopic (exact) mass is 296 g/mol. The van der Waals surface area contributed by atoms with E-state index in [-0.39, 0.29) is 36.9 Å². The maximum atomic E-state index is 12.0. The smallest absolute Gasteiger partial charge is 0.370 e. The van der Waals surface area contributed by atoms with Gasteiger partial charge in [-0.25, -0.2) is 0 Å². The summed E-state index contributed by atoms with van der Waals surface area (Å²) in [6.45, 7) is 2.73. The van der Waals surface area contributed by atoms with Crippen LogP contribution in [0.5, 0.6) is 0 Å². The first kappa shape index (κ1) is 17.2. The van der Waals surface area contributed by atoms with Crippen molar-refractivity contribution in [2.45, 2.75) is 38.9 Å². The van der Waals surface area contributed by atoms with Gasteiger partial charge in [-0.15, -0.1) is 0 Å². The van der Waals surface area contributed by atoms with Gasteiger partial charge >= 0.3 is 6.18 Å². The van der Waals surface area contributed by atoms with E-state index in [9.17, 15) is 18.0 Å². The van der Waals surface area contributed by atoms with Crippen LogP contribution < -0.4 is 11.1 Å². The van der Waals surface area contributed by atoms with Gasteiger partial charge in [0.15, 0.2) is 0 Å². The standard InChI is InChI=1S/C13H23F3N2O2/c1-8-5-9(2)11(17)6-10(8)12(19)18-3-4-20-7-13(14,15)16/h8-11H,3-7,17H2,1-2H3,(H,18,19). The summed E-state index contributed by atoms with van der Waals surface area (Å²) in [6.07, 6.45) is -2.81. The van der Waals surface area contributed by atoms with Crippen molar-refractivity contribution in [2.75, 3.05) is 19.8 Å². The first-order chi connectivity index (χ1) is 9.20. The maximum Gasteiger partial charge on any atom is 0.411 e. The summed E-state index contributed by atoms with van der Waals surface area (Å²) in [5.41, 5.74) is 5.96. The van der Waals surface area contributed by atoms with E-state index in [0.29, 0.717) is 12.3 Å². The molecule has 0 aromatic rings. The van der Waals surface area contributed by atoms with Gasteiger partial charge in [0, 0.05) is 18.5 Å². The molecule has 1 rings (SSSR count). The lowest BCUT2D eigenvalue weighted by Gasteiger charge is -2.36. The Labute approximate surface area is 117 Å². The van der Waals surface area contributed by atoms with Gasteiger partial charge in [0.25, 0.3) is 0 Å². The Hall–Kier alpha value is -0.820. The fourth-order valence-electron chi connectivity index (χ4n) is 2.61. The second-order valence-electron chi connectivity index (χ2n) is 5.66. The van der Waals surface area contributed by atoms with Crippen LogP contribution in [0.4, 0.5) is 13.2 Å². The summed E-state index contributed by atoms with van der Waals surface area (Å²) in [6, 6.07) is 0.00318. The third kappa shape index (κ3) is 5.66. The van der Waals surface area contributed by atoms with E-state index in [1.165, 1.54) is 0 Å². The summed E-state index contributed by atoms with van der Waals surface area (Å²) in [7, 11) is 0. The van der Waals surface area contributed by atoms with Crippen LogP contribution in [0.25, 0.3) is 0 Å². The zero-order valence-electron chi connectivity index (χ0n) is 11.9. The zero-order valence-corrected chi connectivity index (χ0v) is 11.9. The Kier molecular flexibility index (Phi) is 6.26. The molecule has 4 unspecified atom stereocenters. The number of nitrogens with two attached hydrogens (primary N) is 1. The predicted octanol–water partition coefficient (Wildman–Crippen LogP) is 1.69. The molecule has 0 saturated heterocycles. The number of nitrogens with one attached hydrogen (secondary N) is 1. The van der Waals surface area contributed by atoms with Gasteiger partial charge in [0.1, 0.15) is 6.61 Å². The lowest BCUT2D eigenvalue weighted by molar-refractivity contribution is -0.173. The molecule has 118 valence electrons. The minimum absolute atomic E-state index is 0.00318. The fourth-order valence-corrected chi connectivity index (χ4v) is 2.61. The molecule has 7 heteroatoms. The summed E-state index contributed by atoms with van der Waals surface area (Å²) in [5, 5.41) is 2.62. The minimum Gasteiger partial charge on any atom is -0.370 e. The number of alkyl halides is 3. The van der Waals surface area contributed by atoms with Crippen LogP contribution in [-0.2, 0) is 9.53 Å². The topological polar surface area (TPSA) is 64.3 Å². The number of hydrogen-bond donors (Lipinski definition) is 2. The molecular formula is C13H23F3N2O2. The van der Waals surface area contributed by atoms with E-state index in [1.807, 2.05) is 6.92 Å². The van der Waals surface area contributed by atoms with E-state index in [0.717, 1.165) is 6.42 Å². The Balaban J connectivity index is 2.25. The third-order valence-corrected chi connectivity index (χ3v) is 3.84. The van der Waals surface area contributed by atoms with Gasteiger partial charge in [-0.1, -0.05) is 13.8 Å². The SMILES string of the molecule is CC1CC(C)C(C(=O)NCCOCC(F)(F)F)CC1N. The summed E-state index contributed by atoms with van der Waals surface area (Å²) < 4.78 is 39.9. The highest BCUT2D eigenvalue weighted by Gasteiger charge is 2.34. The summed E-state index contributed by atoms with van der Waals surface area (Å²) in [4.78, 5) is 12.0. The van der Waals surface area contributed by atoms with Crippen LogP contribution in [0.2, 0.25) is 0 Å². The van der Waals surface area contributed by atoms with Crippen molar-refractivity contribution >= 4 is 5.91 Å². The van der Waals surface area contributed by atoms with Gasteiger partial charge < -0.3 is 15.8 Å². The van der Waals surface area contributed by atoms with Crippen molar-refractivity contribution in [3.63, 3.8) is 0 Å². The quantitative estimate of drug-likeness (QED) is 0.759. The molecule has 0 aliphatic heterocycles. The van der Waals surface area contributed by atoms with Crippen LogP contribution in [0.1, 0.15) is 26.7 Å². The molecular weight excluding hydrogens is 273 g/mol. The molecule has 4 nitrogen and oxygen atoms in total. The average Bonchev–Trinajstić information content (AvgIpc) is 2.31. The molecule has 3 N–H and O–H groups in total. The number of amides is 1. The van der Waals surface area contributed by atoms with E-state index < -0.39 is 12.8 Å². The van der Waals surface area contributed by atoms with Crippen LogP contribution in [0.3, 0.4) is 0 Å². The number of hydrogen-bond acceptors (Lipinski definition) is 3. The van der Waals surface area contributed by atoms with E-state index in [2.05, 4.69) is 17.0 Å². The first-order valence-corrected chi connectivity index (χ1v) is 6.88. The number of halogens is 3. The molecule has 20 heavy (non-hydrogen) atoms. The van der Waals surface area contributed by atoms with Gasteiger partial charge in [-0.05, 0) is 24.7 Å².